The Bertz CT molecular complexity index is 1150. The lowest BCUT2D eigenvalue weighted by atomic mass is 10.0. The van der Waals surface area contributed by atoms with Crippen LogP contribution in [0.3, 0.4) is 0 Å². The van der Waals surface area contributed by atoms with Gasteiger partial charge in [0, 0.05) is 30.9 Å². The van der Waals surface area contributed by atoms with Crippen molar-refractivity contribution in [2.24, 2.45) is 0 Å². The first-order valence-corrected chi connectivity index (χ1v) is 11.9. The summed E-state index contributed by atoms with van der Waals surface area (Å²) in [5, 5.41) is 11.0. The van der Waals surface area contributed by atoms with Gasteiger partial charge in [-0.1, -0.05) is 6.07 Å². The lowest BCUT2D eigenvalue weighted by Crippen LogP contribution is -2.46. The molecule has 2 N–H and O–H groups in total. The van der Waals surface area contributed by atoms with E-state index in [4.69, 9.17) is 9.97 Å². The molecule has 33 heavy (non-hydrogen) atoms. The van der Waals surface area contributed by atoms with Gasteiger partial charge in [-0.25, -0.2) is 4.98 Å². The number of aromatic nitrogens is 5. The molecule has 3 aromatic rings. The lowest BCUT2D eigenvalue weighted by Gasteiger charge is -2.33. The van der Waals surface area contributed by atoms with E-state index in [0.717, 1.165) is 99.1 Å². The molecular formula is C24H28N8O. The molecule has 9 nitrogen and oxygen atoms in total. The molecular weight excluding hydrogens is 416 g/mol. The van der Waals surface area contributed by atoms with E-state index in [-0.39, 0.29) is 12.1 Å². The van der Waals surface area contributed by atoms with E-state index in [1.165, 1.54) is 5.56 Å². The topological polar surface area (TPSA) is 103 Å². The number of H-pyrrole nitrogens is 1. The molecule has 2 saturated heterocycles. The zero-order chi connectivity index (χ0) is 22.2. The van der Waals surface area contributed by atoms with Gasteiger partial charge in [-0.3, -0.25) is 14.9 Å². The maximum absolute atomic E-state index is 11.6. The van der Waals surface area contributed by atoms with E-state index in [2.05, 4.69) is 25.4 Å². The van der Waals surface area contributed by atoms with Crippen molar-refractivity contribution in [2.45, 2.75) is 57.0 Å². The smallest absolute Gasteiger partial charge is 0.227 e. The average molecular weight is 445 g/mol. The standard InChI is InChI=1S/C24H28N8O/c33-15-31-12-4-9-20(31)21-10-5-13-32(21)24-26-17-8-3-6-16(17)23(28-24)27-22-14-19(29-30-22)18-7-1-2-11-25-18/h1-2,7,11,14-15,20-21H,3-6,8-10,12-13H2,(H2,26,27,28,29,30). The Labute approximate surface area is 192 Å². The van der Waals surface area contributed by atoms with Crippen molar-refractivity contribution < 1.29 is 4.79 Å². The molecule has 2 atom stereocenters. The van der Waals surface area contributed by atoms with Crippen LogP contribution >= 0.6 is 0 Å². The van der Waals surface area contributed by atoms with E-state index in [1.807, 2.05) is 29.2 Å². The molecule has 2 fully saturated rings. The summed E-state index contributed by atoms with van der Waals surface area (Å²) in [4.78, 5) is 30.3. The minimum absolute atomic E-state index is 0.255. The summed E-state index contributed by atoms with van der Waals surface area (Å²) in [7, 11) is 0. The van der Waals surface area contributed by atoms with Gasteiger partial charge >= 0.3 is 0 Å². The van der Waals surface area contributed by atoms with Crippen molar-refractivity contribution >= 4 is 24.0 Å². The third kappa shape index (κ3) is 3.71. The summed E-state index contributed by atoms with van der Waals surface area (Å²) in [5.41, 5.74) is 4.03. The first-order chi connectivity index (χ1) is 16.3. The predicted molar refractivity (Wildman–Crippen MR) is 125 cm³/mol. The quantitative estimate of drug-likeness (QED) is 0.563. The second-order valence-corrected chi connectivity index (χ2v) is 9.11. The molecule has 9 heteroatoms. The Morgan fingerprint density at radius 2 is 1.97 bits per heavy atom. The summed E-state index contributed by atoms with van der Waals surface area (Å²) in [6.07, 6.45) is 10.1. The van der Waals surface area contributed by atoms with Crippen LogP contribution in [0.2, 0.25) is 0 Å². The van der Waals surface area contributed by atoms with Crippen LogP contribution < -0.4 is 10.2 Å². The van der Waals surface area contributed by atoms with E-state index in [1.54, 1.807) is 6.20 Å². The third-order valence-corrected chi connectivity index (χ3v) is 7.16. The molecule has 5 heterocycles. The minimum Gasteiger partial charge on any atom is -0.340 e. The molecule has 0 radical (unpaired) electrons. The second-order valence-electron chi connectivity index (χ2n) is 9.11. The first kappa shape index (κ1) is 20.1. The number of anilines is 3. The Balaban J connectivity index is 1.30. The van der Waals surface area contributed by atoms with Gasteiger partial charge in [0.2, 0.25) is 12.4 Å². The van der Waals surface area contributed by atoms with Crippen molar-refractivity contribution in [3.63, 3.8) is 0 Å². The monoisotopic (exact) mass is 444 g/mol. The molecule has 0 bridgehead atoms. The zero-order valence-corrected chi connectivity index (χ0v) is 18.6. The summed E-state index contributed by atoms with van der Waals surface area (Å²) < 4.78 is 0. The maximum Gasteiger partial charge on any atom is 0.227 e. The maximum atomic E-state index is 11.6. The van der Waals surface area contributed by atoms with E-state index in [9.17, 15) is 4.79 Å². The van der Waals surface area contributed by atoms with Gasteiger partial charge in [0.1, 0.15) is 5.82 Å². The van der Waals surface area contributed by atoms with Crippen LogP contribution in [0.1, 0.15) is 43.4 Å². The van der Waals surface area contributed by atoms with Gasteiger partial charge < -0.3 is 15.1 Å². The normalized spacial score (nSPS) is 22.1. The van der Waals surface area contributed by atoms with Crippen LogP contribution in [-0.4, -0.2) is 61.6 Å². The van der Waals surface area contributed by atoms with E-state index >= 15 is 0 Å². The van der Waals surface area contributed by atoms with Crippen LogP contribution in [0.5, 0.6) is 0 Å². The number of nitrogens with zero attached hydrogens (tertiary/aromatic N) is 6. The molecule has 2 unspecified atom stereocenters. The second kappa shape index (κ2) is 8.46. The number of likely N-dealkylation sites (tertiary alicyclic amines) is 1. The summed E-state index contributed by atoms with van der Waals surface area (Å²) in [5.74, 6) is 2.34. The van der Waals surface area contributed by atoms with Gasteiger partial charge in [0.25, 0.3) is 0 Å². The zero-order valence-electron chi connectivity index (χ0n) is 18.6. The number of carbonyl (C=O) groups excluding carboxylic acids is 1. The fraction of sp³-hybridized carbons (Fsp3) is 0.458. The Morgan fingerprint density at radius 3 is 2.85 bits per heavy atom. The molecule has 170 valence electrons. The van der Waals surface area contributed by atoms with Crippen LogP contribution in [0, 0.1) is 0 Å². The Hall–Kier alpha value is -3.49. The van der Waals surface area contributed by atoms with Crippen LogP contribution in [0.15, 0.2) is 30.5 Å². The number of hydrogen-bond acceptors (Lipinski definition) is 7. The highest BCUT2D eigenvalue weighted by atomic mass is 16.1. The van der Waals surface area contributed by atoms with Crippen LogP contribution in [-0.2, 0) is 17.6 Å². The number of amides is 1. The summed E-state index contributed by atoms with van der Waals surface area (Å²) in [6.45, 7) is 1.78. The Morgan fingerprint density at radius 1 is 1.06 bits per heavy atom. The van der Waals surface area contributed by atoms with Crippen molar-refractivity contribution in [3.05, 3.63) is 41.7 Å². The molecule has 0 saturated carbocycles. The molecule has 6 rings (SSSR count). The third-order valence-electron chi connectivity index (χ3n) is 7.16. The molecule has 1 aliphatic carbocycles. The van der Waals surface area contributed by atoms with Crippen molar-refractivity contribution in [2.75, 3.05) is 23.3 Å². The fourth-order valence-corrected chi connectivity index (χ4v) is 5.61. The molecule has 3 aromatic heterocycles. The van der Waals surface area contributed by atoms with Gasteiger partial charge in [0.05, 0.1) is 29.2 Å². The number of nitrogens with one attached hydrogen (secondary N) is 2. The molecule has 0 spiro atoms. The van der Waals surface area contributed by atoms with E-state index < -0.39 is 0 Å². The predicted octanol–water partition coefficient (Wildman–Crippen LogP) is 3.08. The number of hydrogen-bond donors (Lipinski definition) is 2. The largest absolute Gasteiger partial charge is 0.340 e. The number of pyridine rings is 1. The molecule has 1 amide bonds. The number of carbonyl (C=O) groups is 1. The van der Waals surface area contributed by atoms with Crippen LogP contribution in [0.4, 0.5) is 17.6 Å². The minimum atomic E-state index is 0.255. The lowest BCUT2D eigenvalue weighted by molar-refractivity contribution is -0.119. The summed E-state index contributed by atoms with van der Waals surface area (Å²) >= 11 is 0. The summed E-state index contributed by atoms with van der Waals surface area (Å²) in [6, 6.07) is 8.32. The number of fused-ring (bicyclic) bond motifs is 1. The highest BCUT2D eigenvalue weighted by Gasteiger charge is 2.39. The Kier molecular flexibility index (Phi) is 5.16. The number of aromatic amines is 1. The fourth-order valence-electron chi connectivity index (χ4n) is 5.61. The van der Waals surface area contributed by atoms with Crippen molar-refractivity contribution in [3.8, 4) is 11.4 Å². The first-order valence-electron chi connectivity index (χ1n) is 11.9. The van der Waals surface area contributed by atoms with Gasteiger partial charge in [-0.15, -0.1) is 0 Å². The van der Waals surface area contributed by atoms with Crippen LogP contribution in [0.25, 0.3) is 11.4 Å². The highest BCUT2D eigenvalue weighted by molar-refractivity contribution is 5.65. The number of aryl methyl sites for hydroxylation is 1. The van der Waals surface area contributed by atoms with Gasteiger partial charge in [-0.05, 0) is 57.1 Å². The van der Waals surface area contributed by atoms with E-state index in [0.29, 0.717) is 0 Å². The van der Waals surface area contributed by atoms with Gasteiger partial charge in [-0.2, -0.15) is 10.1 Å². The number of rotatable bonds is 6. The van der Waals surface area contributed by atoms with Crippen molar-refractivity contribution in [1.82, 2.24) is 30.0 Å². The SMILES string of the molecule is O=CN1CCCC1C1CCCN1c1nc2c(c(Nc3cc(-c4ccccn4)[nH]n3)n1)CCC2. The molecule has 2 aliphatic heterocycles. The average Bonchev–Trinajstić information content (AvgIpc) is 3.65. The highest BCUT2D eigenvalue weighted by Crippen LogP contribution is 2.35. The molecule has 0 aromatic carbocycles. The van der Waals surface area contributed by atoms with Crippen molar-refractivity contribution in [1.29, 1.82) is 0 Å². The molecule has 3 aliphatic rings. The van der Waals surface area contributed by atoms with Gasteiger partial charge in [0.15, 0.2) is 5.82 Å².